The molecule has 0 saturated carbocycles. The number of hydrogen-bond donors (Lipinski definition) is 3. The van der Waals surface area contributed by atoms with Crippen molar-refractivity contribution >= 4 is 11.9 Å². The summed E-state index contributed by atoms with van der Waals surface area (Å²) in [6.45, 7) is 5.02. The average Bonchev–Trinajstić information content (AvgIpc) is 3.59. The molecule has 3 N–H and O–H groups in total. The minimum Gasteiger partial charge on any atom is -0.466 e. The molecule has 0 saturated heterocycles. The smallest absolute Gasteiger partial charge is 0.305 e. The fourth-order valence-electron chi connectivity index (χ4n) is 13.5. The van der Waals surface area contributed by atoms with Gasteiger partial charge in [-0.15, -0.1) is 0 Å². The van der Waals surface area contributed by atoms with Crippen LogP contribution in [0.2, 0.25) is 0 Å². The first-order valence-corrected chi connectivity index (χ1v) is 40.8. The van der Waals surface area contributed by atoms with Gasteiger partial charge in [-0.05, 0) is 25.7 Å². The minimum absolute atomic E-state index is 0.0244. The molecular formula is C81H161NO5. The number of unbranched alkanes of at least 4 members (excludes halogenated alkanes) is 67. The summed E-state index contributed by atoms with van der Waals surface area (Å²) in [5.41, 5.74) is 0. The van der Waals surface area contributed by atoms with Crippen molar-refractivity contribution in [2.75, 3.05) is 13.2 Å². The van der Waals surface area contributed by atoms with Crippen molar-refractivity contribution in [1.82, 2.24) is 5.32 Å². The van der Waals surface area contributed by atoms with Gasteiger partial charge in [-0.3, -0.25) is 9.59 Å². The van der Waals surface area contributed by atoms with Crippen molar-refractivity contribution < 1.29 is 24.5 Å². The van der Waals surface area contributed by atoms with E-state index in [4.69, 9.17) is 4.74 Å². The van der Waals surface area contributed by atoms with Crippen molar-refractivity contribution in [3.63, 3.8) is 0 Å². The molecule has 0 aromatic carbocycles. The fourth-order valence-corrected chi connectivity index (χ4v) is 13.5. The average molecular weight is 1230 g/mol. The molecule has 0 heterocycles. The molecule has 0 aliphatic rings. The molecule has 6 heteroatoms. The molecule has 87 heavy (non-hydrogen) atoms. The SMILES string of the molecule is CCCCCCCCCCCCCCCCCCCCCC(O)C(CO)NC(=O)CCCCCCCCCCCCCCCCCCCCCCCCCCCCCCCCCCCOC(=O)CCCCCCCCCCCCCCCCCCCC. The van der Waals surface area contributed by atoms with Crippen LogP contribution in [0.15, 0.2) is 0 Å². The van der Waals surface area contributed by atoms with E-state index < -0.39 is 12.1 Å². The molecule has 520 valence electrons. The number of aliphatic hydroxyl groups excluding tert-OH is 2. The second kappa shape index (κ2) is 77.3. The van der Waals surface area contributed by atoms with E-state index in [1.807, 2.05) is 0 Å². The monoisotopic (exact) mass is 1230 g/mol. The van der Waals surface area contributed by atoms with Crippen LogP contribution in [-0.4, -0.2) is 47.4 Å². The van der Waals surface area contributed by atoms with Gasteiger partial charge >= 0.3 is 5.97 Å². The Hall–Kier alpha value is -1.14. The number of nitrogens with one attached hydrogen (secondary N) is 1. The number of aliphatic hydroxyl groups is 2. The van der Waals surface area contributed by atoms with Gasteiger partial charge in [-0.1, -0.05) is 444 Å². The number of carbonyl (C=O) groups excluding carboxylic acids is 2. The van der Waals surface area contributed by atoms with Crippen LogP contribution in [0.3, 0.4) is 0 Å². The van der Waals surface area contributed by atoms with E-state index in [9.17, 15) is 19.8 Å². The third kappa shape index (κ3) is 73.8. The summed E-state index contributed by atoms with van der Waals surface area (Å²) in [6.07, 6.45) is 96.4. The third-order valence-electron chi connectivity index (χ3n) is 19.7. The van der Waals surface area contributed by atoms with E-state index in [1.165, 1.54) is 411 Å². The lowest BCUT2D eigenvalue weighted by Crippen LogP contribution is -2.45. The van der Waals surface area contributed by atoms with Crippen LogP contribution in [0.25, 0.3) is 0 Å². The molecule has 0 aliphatic carbocycles. The van der Waals surface area contributed by atoms with Gasteiger partial charge in [-0.25, -0.2) is 0 Å². The lowest BCUT2D eigenvalue weighted by Gasteiger charge is -2.22. The first-order chi connectivity index (χ1) is 43.0. The zero-order valence-electron chi connectivity index (χ0n) is 59.8. The maximum atomic E-state index is 12.6. The van der Waals surface area contributed by atoms with Gasteiger partial charge in [0, 0.05) is 12.8 Å². The largest absolute Gasteiger partial charge is 0.466 e. The molecule has 0 aliphatic heterocycles. The lowest BCUT2D eigenvalue weighted by atomic mass is 10.0. The van der Waals surface area contributed by atoms with Crippen molar-refractivity contribution in [3.8, 4) is 0 Å². The van der Waals surface area contributed by atoms with Gasteiger partial charge in [0.05, 0.1) is 25.4 Å². The summed E-state index contributed by atoms with van der Waals surface area (Å²) in [6, 6.07) is -0.537. The Morgan fingerprint density at radius 1 is 0.276 bits per heavy atom. The van der Waals surface area contributed by atoms with Gasteiger partial charge in [-0.2, -0.15) is 0 Å². The van der Waals surface area contributed by atoms with Crippen molar-refractivity contribution in [2.45, 2.75) is 495 Å². The zero-order valence-corrected chi connectivity index (χ0v) is 59.8. The fraction of sp³-hybridized carbons (Fsp3) is 0.975. The molecule has 0 radical (unpaired) electrons. The first kappa shape index (κ1) is 85.9. The molecule has 0 fully saturated rings. The summed E-state index contributed by atoms with van der Waals surface area (Å²) in [4.78, 5) is 24.7. The Balaban J connectivity index is 3.30. The minimum atomic E-state index is -0.661. The summed E-state index contributed by atoms with van der Waals surface area (Å²) in [5.74, 6) is 0.00332. The van der Waals surface area contributed by atoms with Crippen LogP contribution in [0.4, 0.5) is 0 Å². The molecule has 2 unspecified atom stereocenters. The highest BCUT2D eigenvalue weighted by molar-refractivity contribution is 5.76. The Bertz CT molecular complexity index is 1280. The van der Waals surface area contributed by atoms with E-state index in [2.05, 4.69) is 19.2 Å². The van der Waals surface area contributed by atoms with E-state index in [0.29, 0.717) is 25.9 Å². The van der Waals surface area contributed by atoms with E-state index in [1.54, 1.807) is 0 Å². The van der Waals surface area contributed by atoms with E-state index in [-0.39, 0.29) is 18.5 Å². The van der Waals surface area contributed by atoms with Crippen molar-refractivity contribution in [3.05, 3.63) is 0 Å². The standard InChI is InChI=1S/C81H161NO5/c1-3-5-7-9-11-13-15-17-19-21-38-41-45-49-53-57-61-65-69-73-79(84)78(77-83)82-80(85)74-70-66-62-58-54-50-46-42-39-36-34-32-30-28-26-24-23-25-27-29-31-33-35-37-40-44-48-52-56-60-64-68-72-76-87-81(86)75-71-67-63-59-55-51-47-43-22-20-18-16-14-12-10-8-6-4-2/h78-79,83-84H,3-77H2,1-2H3,(H,82,85). The van der Waals surface area contributed by atoms with Crippen LogP contribution in [0.1, 0.15) is 483 Å². The predicted octanol–water partition coefficient (Wildman–Crippen LogP) is 26.9. The van der Waals surface area contributed by atoms with Crippen LogP contribution in [0.5, 0.6) is 0 Å². The van der Waals surface area contributed by atoms with Crippen LogP contribution < -0.4 is 5.32 Å². The Morgan fingerprint density at radius 3 is 0.701 bits per heavy atom. The number of amides is 1. The van der Waals surface area contributed by atoms with Gasteiger partial charge in [0.1, 0.15) is 0 Å². The maximum absolute atomic E-state index is 12.6. The zero-order chi connectivity index (χ0) is 62.8. The number of carbonyl (C=O) groups is 2. The predicted molar refractivity (Wildman–Crippen MR) is 384 cm³/mol. The Morgan fingerprint density at radius 2 is 0.471 bits per heavy atom. The Kier molecular flexibility index (Phi) is 76.3. The molecule has 0 spiro atoms. The normalized spacial score (nSPS) is 12.4. The first-order valence-electron chi connectivity index (χ1n) is 40.8. The van der Waals surface area contributed by atoms with Gasteiger partial charge < -0.3 is 20.3 Å². The molecule has 0 aromatic heterocycles. The highest BCUT2D eigenvalue weighted by Gasteiger charge is 2.20. The summed E-state index contributed by atoms with van der Waals surface area (Å²) in [5, 5.41) is 23.4. The van der Waals surface area contributed by atoms with Gasteiger partial charge in [0.15, 0.2) is 0 Å². The van der Waals surface area contributed by atoms with E-state index >= 15 is 0 Å². The highest BCUT2D eigenvalue weighted by Crippen LogP contribution is 2.21. The van der Waals surface area contributed by atoms with Crippen molar-refractivity contribution in [1.29, 1.82) is 0 Å². The van der Waals surface area contributed by atoms with Gasteiger partial charge in [0.25, 0.3) is 0 Å². The quantitative estimate of drug-likeness (QED) is 0.0417. The molecule has 0 aromatic rings. The summed E-state index contributed by atoms with van der Waals surface area (Å²) < 4.78 is 5.52. The molecular weight excluding hydrogens is 1070 g/mol. The molecule has 2 atom stereocenters. The topological polar surface area (TPSA) is 95.9 Å². The van der Waals surface area contributed by atoms with Crippen molar-refractivity contribution in [2.24, 2.45) is 0 Å². The summed E-state index contributed by atoms with van der Waals surface area (Å²) in [7, 11) is 0. The number of hydrogen-bond acceptors (Lipinski definition) is 5. The number of esters is 1. The summed E-state index contributed by atoms with van der Waals surface area (Å²) >= 11 is 0. The second-order valence-corrected chi connectivity index (χ2v) is 28.5. The lowest BCUT2D eigenvalue weighted by molar-refractivity contribution is -0.143. The Labute approximate surface area is 547 Å². The highest BCUT2D eigenvalue weighted by atomic mass is 16.5. The molecule has 6 nitrogen and oxygen atoms in total. The van der Waals surface area contributed by atoms with Crippen LogP contribution in [-0.2, 0) is 14.3 Å². The second-order valence-electron chi connectivity index (χ2n) is 28.5. The number of ether oxygens (including phenoxy) is 1. The molecule has 1 amide bonds. The maximum Gasteiger partial charge on any atom is 0.305 e. The van der Waals surface area contributed by atoms with Gasteiger partial charge in [0.2, 0.25) is 5.91 Å². The number of rotatable bonds is 78. The van der Waals surface area contributed by atoms with Crippen LogP contribution in [0, 0.1) is 0 Å². The van der Waals surface area contributed by atoms with Crippen LogP contribution >= 0.6 is 0 Å². The molecule has 0 rings (SSSR count). The third-order valence-corrected chi connectivity index (χ3v) is 19.7. The van der Waals surface area contributed by atoms with E-state index in [0.717, 1.165) is 38.5 Å². The molecule has 0 bridgehead atoms.